The van der Waals surface area contributed by atoms with Gasteiger partial charge in [0, 0.05) is 24.7 Å². The van der Waals surface area contributed by atoms with E-state index in [1.165, 1.54) is 14.2 Å². The maximum Gasteiger partial charge on any atom is 0.229 e. The highest BCUT2D eigenvalue weighted by Gasteiger charge is 2.36. The molecule has 1 aliphatic rings. The lowest BCUT2D eigenvalue weighted by molar-refractivity contribution is -0.122. The molecule has 1 aliphatic heterocycles. The lowest BCUT2D eigenvalue weighted by Crippen LogP contribution is -2.28. The fourth-order valence-corrected chi connectivity index (χ4v) is 3.18. The van der Waals surface area contributed by atoms with E-state index in [1.54, 1.807) is 48.4 Å². The van der Waals surface area contributed by atoms with Crippen molar-refractivity contribution in [3.8, 4) is 17.2 Å². The summed E-state index contributed by atoms with van der Waals surface area (Å²) in [6.07, 6.45) is 0.118. The molecular formula is C20H24ClN3O5. The van der Waals surface area contributed by atoms with Crippen molar-refractivity contribution in [2.75, 3.05) is 43.8 Å². The Labute approximate surface area is 175 Å². The lowest BCUT2D eigenvalue weighted by atomic mass is 10.1. The van der Waals surface area contributed by atoms with Gasteiger partial charge < -0.3 is 30.2 Å². The molecule has 2 aromatic carbocycles. The van der Waals surface area contributed by atoms with Gasteiger partial charge in [0.15, 0.2) is 0 Å². The predicted molar refractivity (Wildman–Crippen MR) is 113 cm³/mol. The van der Waals surface area contributed by atoms with Gasteiger partial charge in [-0.25, -0.2) is 0 Å². The third kappa shape index (κ3) is 4.65. The number of nitrogen functional groups attached to an aromatic ring is 1. The number of carbonyl (C=O) groups excluding carboxylic acids is 2. The lowest BCUT2D eigenvalue weighted by Gasteiger charge is -2.20. The summed E-state index contributed by atoms with van der Waals surface area (Å²) in [4.78, 5) is 26.7. The van der Waals surface area contributed by atoms with Crippen LogP contribution in [0, 0.1) is 5.92 Å². The van der Waals surface area contributed by atoms with Gasteiger partial charge in [-0.05, 0) is 30.3 Å². The second kappa shape index (κ2) is 9.38. The zero-order chi connectivity index (χ0) is 20.3. The topological polar surface area (TPSA) is 103 Å². The zero-order valence-electron chi connectivity index (χ0n) is 16.4. The van der Waals surface area contributed by atoms with Crippen LogP contribution in [0.1, 0.15) is 6.42 Å². The molecule has 2 aromatic rings. The Kier molecular flexibility index (Phi) is 7.17. The molecule has 3 rings (SSSR count). The molecule has 0 saturated carbocycles. The number of amides is 2. The van der Waals surface area contributed by atoms with Crippen LogP contribution in [0.3, 0.4) is 0 Å². The number of nitrogens with two attached hydrogens (primary N) is 1. The first-order valence-electron chi connectivity index (χ1n) is 8.73. The highest BCUT2D eigenvalue weighted by molar-refractivity contribution is 6.04. The second-order valence-corrected chi connectivity index (χ2v) is 6.39. The van der Waals surface area contributed by atoms with Crippen LogP contribution in [0.5, 0.6) is 17.2 Å². The van der Waals surface area contributed by atoms with E-state index in [4.69, 9.17) is 19.9 Å². The van der Waals surface area contributed by atoms with E-state index in [-0.39, 0.29) is 37.2 Å². The van der Waals surface area contributed by atoms with E-state index in [0.29, 0.717) is 34.3 Å². The number of rotatable bonds is 6. The van der Waals surface area contributed by atoms with Gasteiger partial charge >= 0.3 is 0 Å². The van der Waals surface area contributed by atoms with Crippen molar-refractivity contribution in [2.24, 2.45) is 5.92 Å². The van der Waals surface area contributed by atoms with Gasteiger partial charge in [-0.2, -0.15) is 0 Å². The molecule has 3 N–H and O–H groups in total. The smallest absolute Gasteiger partial charge is 0.229 e. The number of nitrogens with one attached hydrogen (secondary N) is 1. The largest absolute Gasteiger partial charge is 0.497 e. The summed E-state index contributed by atoms with van der Waals surface area (Å²) in [6.45, 7) is 0.263. The van der Waals surface area contributed by atoms with Crippen molar-refractivity contribution >= 4 is 41.3 Å². The standard InChI is InChI=1S/C20H23N3O5.ClH/c1-26-14-5-6-16(18(10-14)28-3)23-11-12(8-19(23)24)20(25)22-13-4-7-17(27-2)15(21)9-13;/h4-7,9-10,12H,8,11,21H2,1-3H3,(H,22,25);1H. The van der Waals surface area contributed by atoms with E-state index >= 15 is 0 Å². The van der Waals surface area contributed by atoms with Crippen LogP contribution in [-0.4, -0.2) is 39.7 Å². The van der Waals surface area contributed by atoms with E-state index < -0.39 is 5.92 Å². The van der Waals surface area contributed by atoms with Crippen LogP contribution < -0.4 is 30.2 Å². The molecule has 9 heteroatoms. The predicted octanol–water partition coefficient (Wildman–Crippen LogP) is 2.71. The normalized spacial score (nSPS) is 15.5. The average Bonchev–Trinajstić information content (AvgIpc) is 3.09. The third-order valence-corrected chi connectivity index (χ3v) is 4.67. The molecule has 0 aliphatic carbocycles. The molecule has 0 bridgehead atoms. The van der Waals surface area contributed by atoms with Gasteiger partial charge in [-0.3, -0.25) is 9.59 Å². The van der Waals surface area contributed by atoms with Crippen molar-refractivity contribution in [1.29, 1.82) is 0 Å². The fraction of sp³-hybridized carbons (Fsp3) is 0.300. The van der Waals surface area contributed by atoms with Crippen molar-refractivity contribution in [1.82, 2.24) is 0 Å². The Morgan fingerprint density at radius 1 is 1.07 bits per heavy atom. The number of benzene rings is 2. The van der Waals surface area contributed by atoms with Gasteiger partial charge in [-0.1, -0.05) is 0 Å². The first-order valence-corrected chi connectivity index (χ1v) is 8.73. The highest BCUT2D eigenvalue weighted by atomic mass is 35.5. The van der Waals surface area contributed by atoms with Crippen LogP contribution in [0.15, 0.2) is 36.4 Å². The number of halogens is 1. The monoisotopic (exact) mass is 421 g/mol. The average molecular weight is 422 g/mol. The summed E-state index contributed by atoms with van der Waals surface area (Å²) < 4.78 is 15.7. The van der Waals surface area contributed by atoms with E-state index in [0.717, 1.165) is 0 Å². The molecule has 1 heterocycles. The number of hydrogen-bond acceptors (Lipinski definition) is 6. The second-order valence-electron chi connectivity index (χ2n) is 6.39. The van der Waals surface area contributed by atoms with E-state index in [9.17, 15) is 9.59 Å². The molecule has 29 heavy (non-hydrogen) atoms. The third-order valence-electron chi connectivity index (χ3n) is 4.67. The van der Waals surface area contributed by atoms with Crippen LogP contribution >= 0.6 is 12.4 Å². The van der Waals surface area contributed by atoms with Gasteiger partial charge in [-0.15, -0.1) is 12.4 Å². The minimum absolute atomic E-state index is 0. The molecule has 0 spiro atoms. The van der Waals surface area contributed by atoms with Gasteiger partial charge in [0.25, 0.3) is 0 Å². The minimum Gasteiger partial charge on any atom is -0.497 e. The molecule has 1 fully saturated rings. The highest BCUT2D eigenvalue weighted by Crippen LogP contribution is 2.36. The molecule has 156 valence electrons. The maximum atomic E-state index is 12.6. The van der Waals surface area contributed by atoms with Crippen LogP contribution in [-0.2, 0) is 9.59 Å². The number of carbonyl (C=O) groups is 2. The molecule has 0 radical (unpaired) electrons. The summed E-state index contributed by atoms with van der Waals surface area (Å²) in [5, 5.41) is 2.81. The van der Waals surface area contributed by atoms with Crippen LogP contribution in [0.2, 0.25) is 0 Å². The van der Waals surface area contributed by atoms with E-state index in [2.05, 4.69) is 5.32 Å². The fourth-order valence-electron chi connectivity index (χ4n) is 3.18. The maximum absolute atomic E-state index is 12.6. The Morgan fingerprint density at radius 2 is 1.79 bits per heavy atom. The number of ether oxygens (including phenoxy) is 3. The number of methoxy groups -OCH3 is 3. The SMILES string of the molecule is COc1ccc(N2CC(C(=O)Nc3ccc(OC)c(N)c3)CC2=O)c(OC)c1.Cl. The zero-order valence-corrected chi connectivity index (χ0v) is 17.2. The molecule has 1 saturated heterocycles. The summed E-state index contributed by atoms with van der Waals surface area (Å²) in [5.41, 5.74) is 7.46. The molecule has 0 aromatic heterocycles. The van der Waals surface area contributed by atoms with Gasteiger partial charge in [0.1, 0.15) is 17.2 Å². The molecule has 8 nitrogen and oxygen atoms in total. The summed E-state index contributed by atoms with van der Waals surface area (Å²) in [7, 11) is 4.61. The van der Waals surface area contributed by atoms with Crippen LogP contribution in [0.4, 0.5) is 17.1 Å². The summed E-state index contributed by atoms with van der Waals surface area (Å²) in [5.74, 6) is 0.801. The molecular weight excluding hydrogens is 398 g/mol. The number of hydrogen-bond donors (Lipinski definition) is 2. The van der Waals surface area contributed by atoms with Crippen LogP contribution in [0.25, 0.3) is 0 Å². The van der Waals surface area contributed by atoms with Gasteiger partial charge in [0.05, 0.1) is 38.6 Å². The van der Waals surface area contributed by atoms with Gasteiger partial charge in [0.2, 0.25) is 11.8 Å². The summed E-state index contributed by atoms with van der Waals surface area (Å²) in [6, 6.07) is 10.2. The molecule has 2 amide bonds. The number of nitrogens with zero attached hydrogens (tertiary/aromatic N) is 1. The minimum atomic E-state index is -0.484. The number of anilines is 3. The Bertz CT molecular complexity index is 906. The Morgan fingerprint density at radius 3 is 2.41 bits per heavy atom. The Balaban J connectivity index is 0.00000300. The quantitative estimate of drug-likeness (QED) is 0.695. The molecule has 1 atom stereocenters. The van der Waals surface area contributed by atoms with Crippen molar-refractivity contribution in [3.63, 3.8) is 0 Å². The van der Waals surface area contributed by atoms with Crippen molar-refractivity contribution < 1.29 is 23.8 Å². The van der Waals surface area contributed by atoms with Crippen molar-refractivity contribution in [2.45, 2.75) is 6.42 Å². The Hall–Kier alpha value is -3.13. The summed E-state index contributed by atoms with van der Waals surface area (Å²) >= 11 is 0. The molecule has 1 unspecified atom stereocenters. The first-order chi connectivity index (χ1) is 13.5. The first kappa shape index (κ1) is 22.2. The van der Waals surface area contributed by atoms with Crippen molar-refractivity contribution in [3.05, 3.63) is 36.4 Å². The van der Waals surface area contributed by atoms with E-state index in [1.807, 2.05) is 0 Å².